The van der Waals surface area contributed by atoms with Gasteiger partial charge in [-0.15, -0.1) is 0 Å². The monoisotopic (exact) mass is 367 g/mol. The predicted octanol–water partition coefficient (Wildman–Crippen LogP) is 2.21. The Balaban J connectivity index is 1.74. The van der Waals surface area contributed by atoms with Gasteiger partial charge in [0.2, 0.25) is 0 Å². The molecule has 3 rings (SSSR count). The molecule has 2 N–H and O–H groups in total. The summed E-state index contributed by atoms with van der Waals surface area (Å²) in [4.78, 5) is 16.1. The second kappa shape index (κ2) is 6.75. The van der Waals surface area contributed by atoms with Crippen LogP contribution in [0.25, 0.3) is 0 Å². The molecule has 1 aromatic heterocycles. The normalized spacial score (nSPS) is 18.7. The molecule has 0 radical (unpaired) electrons. The van der Waals surface area contributed by atoms with E-state index >= 15 is 0 Å². The van der Waals surface area contributed by atoms with Crippen LogP contribution in [0.15, 0.2) is 36.7 Å². The van der Waals surface area contributed by atoms with E-state index in [9.17, 15) is 22.0 Å². The Morgan fingerprint density at radius 3 is 2.56 bits per heavy atom. The summed E-state index contributed by atoms with van der Waals surface area (Å²) in [6.07, 6.45) is 3.18. The summed E-state index contributed by atoms with van der Waals surface area (Å²) in [6.45, 7) is 0. The Kier molecular flexibility index (Phi) is 4.67. The third-order valence-electron chi connectivity index (χ3n) is 3.80. The third kappa shape index (κ3) is 4.11. The maximum absolute atomic E-state index is 13.6. The number of sulfone groups is 1. The van der Waals surface area contributed by atoms with Gasteiger partial charge in [-0.05, 0) is 24.6 Å². The van der Waals surface area contributed by atoms with Crippen LogP contribution in [0.2, 0.25) is 0 Å². The SMILES string of the molecule is O=C(Nc1c(F)cccc1F)c1cncc(NC2CCS(=O)(=O)C2)c1. The minimum absolute atomic E-state index is 0.0177. The van der Waals surface area contributed by atoms with Gasteiger partial charge >= 0.3 is 0 Å². The highest BCUT2D eigenvalue weighted by Gasteiger charge is 2.27. The summed E-state index contributed by atoms with van der Waals surface area (Å²) in [5.74, 6) is -2.35. The van der Waals surface area contributed by atoms with Crippen molar-refractivity contribution in [3.05, 3.63) is 53.9 Å². The van der Waals surface area contributed by atoms with E-state index in [2.05, 4.69) is 15.6 Å². The molecule has 0 spiro atoms. The molecule has 1 aliphatic heterocycles. The van der Waals surface area contributed by atoms with Gasteiger partial charge in [0.25, 0.3) is 5.91 Å². The van der Waals surface area contributed by atoms with Crippen LogP contribution in [0.1, 0.15) is 16.8 Å². The number of carbonyl (C=O) groups excluding carboxylic acids is 1. The molecular weight excluding hydrogens is 352 g/mol. The Bertz CT molecular complexity index is 898. The lowest BCUT2D eigenvalue weighted by Crippen LogP contribution is -2.21. The Hall–Kier alpha value is -2.55. The smallest absolute Gasteiger partial charge is 0.257 e. The number of nitrogens with one attached hydrogen (secondary N) is 2. The minimum atomic E-state index is -3.04. The van der Waals surface area contributed by atoms with E-state index in [4.69, 9.17) is 0 Å². The van der Waals surface area contributed by atoms with Gasteiger partial charge in [0.05, 0.1) is 22.8 Å². The number of aromatic nitrogens is 1. The van der Waals surface area contributed by atoms with E-state index in [-0.39, 0.29) is 23.1 Å². The molecule has 0 bridgehead atoms. The molecule has 1 aromatic carbocycles. The molecule has 1 fully saturated rings. The molecule has 1 unspecified atom stereocenters. The van der Waals surface area contributed by atoms with Crippen LogP contribution in [0, 0.1) is 11.6 Å². The second-order valence-corrected chi connectivity index (χ2v) is 7.99. The van der Waals surface area contributed by atoms with Crippen molar-refractivity contribution in [2.45, 2.75) is 12.5 Å². The van der Waals surface area contributed by atoms with E-state index in [1.165, 1.54) is 24.5 Å². The number of hydrogen-bond acceptors (Lipinski definition) is 5. The lowest BCUT2D eigenvalue weighted by atomic mass is 10.2. The summed E-state index contributed by atoms with van der Waals surface area (Å²) in [6, 6.07) is 4.47. The van der Waals surface area contributed by atoms with Crippen molar-refractivity contribution in [2.24, 2.45) is 0 Å². The van der Waals surface area contributed by atoms with Crippen molar-refractivity contribution in [1.29, 1.82) is 0 Å². The topological polar surface area (TPSA) is 88.2 Å². The van der Waals surface area contributed by atoms with Gasteiger partial charge in [0.1, 0.15) is 17.3 Å². The van der Waals surface area contributed by atoms with Gasteiger partial charge in [-0.25, -0.2) is 17.2 Å². The number of hydrogen-bond donors (Lipinski definition) is 2. The van der Waals surface area contributed by atoms with Crippen molar-refractivity contribution in [3.8, 4) is 0 Å². The lowest BCUT2D eigenvalue weighted by Gasteiger charge is -2.13. The van der Waals surface area contributed by atoms with Crippen molar-refractivity contribution in [1.82, 2.24) is 4.98 Å². The number of para-hydroxylation sites is 1. The van der Waals surface area contributed by atoms with Gasteiger partial charge in [0.15, 0.2) is 9.84 Å². The summed E-state index contributed by atoms with van der Waals surface area (Å²) in [5, 5.41) is 5.18. The van der Waals surface area contributed by atoms with E-state index in [0.29, 0.717) is 12.1 Å². The summed E-state index contributed by atoms with van der Waals surface area (Å²) in [5.41, 5.74) is 0.0185. The molecule has 1 amide bonds. The standard InChI is InChI=1S/C16H15F2N3O3S/c17-13-2-1-3-14(18)15(13)21-16(22)10-6-12(8-19-7-10)20-11-4-5-25(23,24)9-11/h1-3,6-8,11,20H,4-5,9H2,(H,21,22). The number of carbonyl (C=O) groups is 1. The summed E-state index contributed by atoms with van der Waals surface area (Å²) >= 11 is 0. The molecule has 0 saturated carbocycles. The molecule has 0 aliphatic carbocycles. The predicted molar refractivity (Wildman–Crippen MR) is 89.2 cm³/mol. The van der Waals surface area contributed by atoms with Crippen molar-refractivity contribution >= 4 is 27.1 Å². The van der Waals surface area contributed by atoms with Crippen molar-refractivity contribution < 1.29 is 22.0 Å². The second-order valence-electron chi connectivity index (χ2n) is 5.76. The van der Waals surface area contributed by atoms with Crippen molar-refractivity contribution in [3.63, 3.8) is 0 Å². The number of pyridine rings is 1. The fraction of sp³-hybridized carbons (Fsp3) is 0.250. The van der Waals surface area contributed by atoms with Crippen LogP contribution in [-0.4, -0.2) is 36.9 Å². The number of rotatable bonds is 4. The highest BCUT2D eigenvalue weighted by atomic mass is 32.2. The van der Waals surface area contributed by atoms with Crippen LogP contribution in [-0.2, 0) is 9.84 Å². The largest absolute Gasteiger partial charge is 0.380 e. The molecule has 2 heterocycles. The van der Waals surface area contributed by atoms with Gasteiger partial charge in [-0.2, -0.15) is 0 Å². The molecule has 2 aromatic rings. The molecule has 9 heteroatoms. The van der Waals surface area contributed by atoms with E-state index in [0.717, 1.165) is 12.1 Å². The third-order valence-corrected chi connectivity index (χ3v) is 5.57. The number of benzene rings is 1. The molecule has 1 atom stereocenters. The molecule has 1 saturated heterocycles. The Labute approximate surface area is 143 Å². The minimum Gasteiger partial charge on any atom is -0.380 e. The average Bonchev–Trinajstić information content (AvgIpc) is 2.90. The first kappa shape index (κ1) is 17.3. The van der Waals surface area contributed by atoms with Crippen molar-refractivity contribution in [2.75, 3.05) is 22.1 Å². The van der Waals surface area contributed by atoms with Gasteiger partial charge in [-0.1, -0.05) is 6.07 Å². The van der Waals surface area contributed by atoms with Crippen LogP contribution >= 0.6 is 0 Å². The lowest BCUT2D eigenvalue weighted by molar-refractivity contribution is 0.102. The molecule has 132 valence electrons. The molecule has 6 nitrogen and oxygen atoms in total. The number of anilines is 2. The number of amides is 1. The summed E-state index contributed by atoms with van der Waals surface area (Å²) < 4.78 is 50.2. The highest BCUT2D eigenvalue weighted by molar-refractivity contribution is 7.91. The van der Waals surface area contributed by atoms with Crippen LogP contribution in [0.4, 0.5) is 20.2 Å². The zero-order chi connectivity index (χ0) is 18.0. The fourth-order valence-electron chi connectivity index (χ4n) is 2.59. The van der Waals surface area contributed by atoms with E-state index in [1.807, 2.05) is 0 Å². The first-order chi connectivity index (χ1) is 11.8. The van der Waals surface area contributed by atoms with Gasteiger partial charge < -0.3 is 10.6 Å². The molecule has 25 heavy (non-hydrogen) atoms. The van der Waals surface area contributed by atoms with Crippen LogP contribution in [0.5, 0.6) is 0 Å². The number of halogens is 2. The Morgan fingerprint density at radius 2 is 1.92 bits per heavy atom. The quantitative estimate of drug-likeness (QED) is 0.865. The highest BCUT2D eigenvalue weighted by Crippen LogP contribution is 2.21. The molecule has 1 aliphatic rings. The Morgan fingerprint density at radius 1 is 1.20 bits per heavy atom. The van der Waals surface area contributed by atoms with Gasteiger partial charge in [-0.3, -0.25) is 9.78 Å². The number of nitrogens with zero attached hydrogens (tertiary/aromatic N) is 1. The zero-order valence-electron chi connectivity index (χ0n) is 13.0. The summed E-state index contributed by atoms with van der Waals surface area (Å²) in [7, 11) is -3.04. The van der Waals surface area contributed by atoms with Crippen LogP contribution < -0.4 is 10.6 Å². The first-order valence-electron chi connectivity index (χ1n) is 7.51. The average molecular weight is 367 g/mol. The maximum atomic E-state index is 13.6. The van der Waals surface area contributed by atoms with Crippen LogP contribution in [0.3, 0.4) is 0 Å². The van der Waals surface area contributed by atoms with E-state index in [1.54, 1.807) is 0 Å². The fourth-order valence-corrected chi connectivity index (χ4v) is 4.26. The zero-order valence-corrected chi connectivity index (χ0v) is 13.8. The van der Waals surface area contributed by atoms with E-state index < -0.39 is 33.1 Å². The molecular formula is C16H15F2N3O3S. The maximum Gasteiger partial charge on any atom is 0.257 e. The first-order valence-corrected chi connectivity index (χ1v) is 9.33. The van der Waals surface area contributed by atoms with Gasteiger partial charge in [0, 0.05) is 18.4 Å².